The second kappa shape index (κ2) is 16.6. The first kappa shape index (κ1) is 40.2. The number of nitrogens with zero attached hydrogens (tertiary/aromatic N) is 8. The summed E-state index contributed by atoms with van der Waals surface area (Å²) in [6.45, 7) is 24.6. The summed E-state index contributed by atoms with van der Waals surface area (Å²) in [5, 5.41) is 22.9. The van der Waals surface area contributed by atoms with Crippen molar-refractivity contribution in [3.8, 4) is 34.7 Å². The highest BCUT2D eigenvalue weighted by atomic mass is 15.1. The van der Waals surface area contributed by atoms with Crippen LogP contribution < -0.4 is 20.5 Å². The van der Waals surface area contributed by atoms with Gasteiger partial charge in [0.1, 0.15) is 30.6 Å². The van der Waals surface area contributed by atoms with Gasteiger partial charge >= 0.3 is 5.82 Å². The molecular weight excluding hydrogens is 761 g/mol. The number of aromatic nitrogens is 2. The molecule has 0 aliphatic carbocycles. The van der Waals surface area contributed by atoms with Crippen LogP contribution in [-0.2, 0) is 14.1 Å². The van der Waals surface area contributed by atoms with Gasteiger partial charge in [-0.1, -0.05) is 95.1 Å². The van der Waals surface area contributed by atoms with Gasteiger partial charge < -0.3 is 18.9 Å². The second-order valence-electron chi connectivity index (χ2n) is 15.5. The predicted octanol–water partition coefficient (Wildman–Crippen LogP) is 12.1. The third-order valence-corrected chi connectivity index (χ3v) is 11.4. The van der Waals surface area contributed by atoms with Crippen molar-refractivity contribution in [1.82, 2.24) is 9.13 Å². The Kier molecular flexibility index (Phi) is 10.8. The van der Waals surface area contributed by atoms with E-state index in [2.05, 4.69) is 181 Å². The summed E-state index contributed by atoms with van der Waals surface area (Å²) < 4.78 is 3.73. The molecule has 0 amide bonds. The van der Waals surface area contributed by atoms with E-state index in [9.17, 15) is 10.5 Å². The Morgan fingerprint density at radius 1 is 0.435 bits per heavy atom. The average molecular weight is 803 g/mol. The highest BCUT2D eigenvalue weighted by molar-refractivity contribution is 6.08. The fourth-order valence-corrected chi connectivity index (χ4v) is 8.29. The first-order valence-corrected chi connectivity index (χ1v) is 20.2. The maximum Gasteiger partial charge on any atom is 0.543 e. The molecular formula is C54H42N8. The van der Waals surface area contributed by atoms with Gasteiger partial charge in [0.05, 0.1) is 16.7 Å². The van der Waals surface area contributed by atoms with Gasteiger partial charge in [-0.05, 0) is 112 Å². The summed E-state index contributed by atoms with van der Waals surface area (Å²) in [4.78, 5) is 11.8. The molecule has 2 aromatic heterocycles. The van der Waals surface area contributed by atoms with Crippen molar-refractivity contribution in [3.05, 3.63) is 201 Å². The van der Waals surface area contributed by atoms with E-state index >= 15 is 0 Å². The molecule has 8 nitrogen and oxygen atoms in total. The van der Waals surface area contributed by atoms with Gasteiger partial charge in [-0.25, -0.2) is 0 Å². The van der Waals surface area contributed by atoms with Crippen molar-refractivity contribution >= 4 is 56.3 Å². The second-order valence-corrected chi connectivity index (χ2v) is 15.5. The highest BCUT2D eigenvalue weighted by Gasteiger charge is 2.28. The molecule has 2 heterocycles. The number of hydrogen-bond acceptors (Lipinski definition) is 4. The van der Waals surface area contributed by atoms with Gasteiger partial charge in [-0.3, -0.25) is 0 Å². The zero-order chi connectivity index (χ0) is 43.7. The lowest BCUT2D eigenvalue weighted by molar-refractivity contribution is 0.881. The van der Waals surface area contributed by atoms with Crippen LogP contribution in [0.25, 0.3) is 54.4 Å². The van der Waals surface area contributed by atoms with Gasteiger partial charge in [0, 0.05) is 59.0 Å². The van der Waals surface area contributed by atoms with Crippen molar-refractivity contribution < 1.29 is 0 Å². The van der Waals surface area contributed by atoms with Crippen molar-refractivity contribution in [2.45, 2.75) is 27.7 Å². The minimum atomic E-state index is -0.110. The normalized spacial score (nSPS) is 10.7. The summed E-state index contributed by atoms with van der Waals surface area (Å²) in [6, 6.07) is 54.2. The minimum Gasteiger partial charge on any atom is -0.346 e. The van der Waals surface area contributed by atoms with Crippen molar-refractivity contribution in [3.63, 3.8) is 0 Å². The average Bonchev–Trinajstić information content (AvgIpc) is 3.73. The monoisotopic (exact) mass is 802 g/mol. The molecule has 0 bridgehead atoms. The molecule has 62 heavy (non-hydrogen) atoms. The van der Waals surface area contributed by atoms with Crippen LogP contribution in [0.5, 0.6) is 0 Å². The Bertz CT molecular complexity index is 2940. The molecule has 0 N–H and O–H groups in total. The molecule has 8 rings (SSSR count). The lowest BCUT2D eigenvalue weighted by Gasteiger charge is -2.26. The van der Waals surface area contributed by atoms with Crippen LogP contribution in [0.2, 0.25) is 0 Å². The smallest absolute Gasteiger partial charge is 0.346 e. The number of benzene rings is 6. The van der Waals surface area contributed by atoms with Crippen LogP contribution in [-0.4, -0.2) is 9.13 Å². The third kappa shape index (κ3) is 7.13. The first-order valence-electron chi connectivity index (χ1n) is 20.2. The number of nitriles is 2. The van der Waals surface area contributed by atoms with Crippen LogP contribution in [0.15, 0.2) is 146 Å². The molecule has 0 atom stereocenters. The third-order valence-electron chi connectivity index (χ3n) is 11.4. The van der Waals surface area contributed by atoms with E-state index in [-0.39, 0.29) is 11.4 Å². The number of hydrogen-bond donors (Lipinski definition) is 0. The summed E-state index contributed by atoms with van der Waals surface area (Å²) >= 11 is 0. The minimum absolute atomic E-state index is 0.0719. The molecule has 0 saturated carbocycles. The fourth-order valence-electron chi connectivity index (χ4n) is 8.29. The number of fused-ring (bicyclic) bond motifs is 1. The van der Waals surface area contributed by atoms with E-state index in [4.69, 9.17) is 13.1 Å². The van der Waals surface area contributed by atoms with Crippen molar-refractivity contribution in [2.75, 3.05) is 9.80 Å². The Morgan fingerprint density at radius 2 is 0.694 bits per heavy atom. The van der Waals surface area contributed by atoms with Crippen molar-refractivity contribution in [1.29, 1.82) is 10.5 Å². The van der Waals surface area contributed by atoms with Gasteiger partial charge in [-0.2, -0.15) is 20.2 Å². The summed E-state index contributed by atoms with van der Waals surface area (Å²) in [7, 11) is 3.68. The van der Waals surface area contributed by atoms with Crippen LogP contribution in [0.3, 0.4) is 0 Å². The molecule has 0 radical (unpaired) electrons. The lowest BCUT2D eigenvalue weighted by atomic mass is 10.0. The molecule has 0 fully saturated rings. The summed E-state index contributed by atoms with van der Waals surface area (Å²) in [5.41, 5.74) is 13.4. The maximum absolute atomic E-state index is 10.4. The van der Waals surface area contributed by atoms with Crippen LogP contribution >= 0.6 is 0 Å². The lowest BCUT2D eigenvalue weighted by Crippen LogP contribution is -2.20. The molecule has 0 unspecified atom stereocenters. The van der Waals surface area contributed by atoms with Crippen LogP contribution in [0.4, 0.5) is 34.1 Å². The van der Waals surface area contributed by atoms with E-state index in [0.717, 1.165) is 67.5 Å². The highest BCUT2D eigenvalue weighted by Crippen LogP contribution is 2.40. The predicted molar refractivity (Wildman–Crippen MR) is 252 cm³/mol. The largest absolute Gasteiger partial charge is 0.543 e. The summed E-state index contributed by atoms with van der Waals surface area (Å²) in [6.07, 6.45) is 0. The van der Waals surface area contributed by atoms with E-state index in [1.54, 1.807) is 0 Å². The topological polar surface area (TPSA) is 72.6 Å². The van der Waals surface area contributed by atoms with E-state index in [1.165, 1.54) is 0 Å². The molecule has 298 valence electrons. The van der Waals surface area contributed by atoms with Gasteiger partial charge in [0.2, 0.25) is 0 Å². The van der Waals surface area contributed by atoms with Crippen LogP contribution in [0.1, 0.15) is 22.3 Å². The van der Waals surface area contributed by atoms with E-state index in [0.29, 0.717) is 32.9 Å². The first-order chi connectivity index (χ1) is 30.1. The van der Waals surface area contributed by atoms with Gasteiger partial charge in [0.15, 0.2) is 5.57 Å². The fraction of sp³-hybridized carbons (Fsp3) is 0.111. The Balaban J connectivity index is 1.35. The molecule has 0 saturated heterocycles. The number of anilines is 6. The summed E-state index contributed by atoms with van der Waals surface area (Å²) in [5.74, 6) is -0.110. The molecule has 0 aliphatic rings. The Morgan fingerprint density at radius 3 is 0.968 bits per heavy atom. The number of rotatable bonds is 8. The maximum atomic E-state index is 10.4. The zero-order valence-electron chi connectivity index (χ0n) is 35.4. The molecule has 8 aromatic rings. The Labute approximate surface area is 362 Å². The molecule has 8 heteroatoms. The SMILES string of the molecule is [C-]#[N+]C([N+]#[C-])=c1c2c(-c3ccc(N(c4ccc(C)cc4)c4ccc(C)cc4)cc3)n(C)c(=C(C#N)C#N)c2c(-c2ccc(N(c3ccc(C)cc3)c3ccc(C)cc3)cc2)n1C. The van der Waals surface area contributed by atoms with Crippen LogP contribution in [0, 0.1) is 63.5 Å². The molecule has 6 aromatic carbocycles. The van der Waals surface area contributed by atoms with Gasteiger partial charge in [0.25, 0.3) is 0 Å². The van der Waals surface area contributed by atoms with Gasteiger partial charge in [-0.15, -0.1) is 0 Å². The van der Waals surface area contributed by atoms with Crippen molar-refractivity contribution in [2.24, 2.45) is 14.1 Å². The standard InChI is InChI=1S/C54H42N8/c1-35-9-21-42(22-10-35)61(43-23-11-36(2)12-24-43)46-29-17-39(18-30-46)50-48-49(53(60(50)8)54(57-5)58-6)51(59(7)52(48)41(33-55)34-56)40-19-31-47(32-20-40)62(44-25-13-37(3)14-26-44)45-27-15-38(4)16-28-45/h9-32H,1-4,7-8H3. The molecule has 0 spiro atoms. The van der Waals surface area contributed by atoms with E-state index in [1.807, 2.05) is 47.5 Å². The zero-order valence-corrected chi connectivity index (χ0v) is 35.4. The number of aryl methyl sites for hydroxylation is 4. The molecule has 0 aliphatic heterocycles. The van der Waals surface area contributed by atoms with E-state index < -0.39 is 0 Å². The Hall–Kier alpha value is -8.56. The quantitative estimate of drug-likeness (QED) is 0.143.